The molecule has 4 aromatic carbocycles. The van der Waals surface area contributed by atoms with E-state index >= 15 is 0 Å². The maximum absolute atomic E-state index is 6.48. The minimum atomic E-state index is -0.172. The van der Waals surface area contributed by atoms with Crippen molar-refractivity contribution in [1.82, 2.24) is 5.32 Å². The minimum Gasteiger partial charge on any atom is -0.494 e. The molecule has 1 fully saturated rings. The van der Waals surface area contributed by atoms with E-state index in [0.717, 1.165) is 28.9 Å². The third-order valence-electron chi connectivity index (χ3n) is 7.51. The summed E-state index contributed by atoms with van der Waals surface area (Å²) in [7, 11) is 0. The SMILES string of the molecule is Cl.Clc1ccc(CO[C@H]2CNC[C@@H](OCc3ccc(Cl)cc3Cl)C2c2ccc(OCCCOCc3ccccc3)cc2)c(Cl)c1. The maximum Gasteiger partial charge on any atom is 0.119 e. The average molecular weight is 712 g/mol. The number of ether oxygens (including phenoxy) is 4. The Hall–Kier alpha value is -2.03. The van der Waals surface area contributed by atoms with Crippen molar-refractivity contribution in [2.24, 2.45) is 0 Å². The molecule has 10 heteroatoms. The predicted octanol–water partition coefficient (Wildman–Crippen LogP) is 9.57. The molecular weight excluding hydrogens is 676 g/mol. The van der Waals surface area contributed by atoms with Crippen molar-refractivity contribution >= 4 is 58.8 Å². The Morgan fingerprint density at radius 1 is 0.644 bits per heavy atom. The number of rotatable bonds is 14. The van der Waals surface area contributed by atoms with Gasteiger partial charge in [0.25, 0.3) is 0 Å². The molecular formula is C35H36Cl5NO4. The fourth-order valence-electron chi connectivity index (χ4n) is 5.19. The van der Waals surface area contributed by atoms with Gasteiger partial charge in [0.05, 0.1) is 45.2 Å². The number of halogens is 5. The van der Waals surface area contributed by atoms with Gasteiger partial charge in [-0.15, -0.1) is 12.4 Å². The first-order valence-electron chi connectivity index (χ1n) is 14.6. The molecule has 1 saturated heterocycles. The summed E-state index contributed by atoms with van der Waals surface area (Å²) in [6.07, 6.45) is 0.458. The second-order valence-corrected chi connectivity index (χ2v) is 12.4. The van der Waals surface area contributed by atoms with E-state index in [9.17, 15) is 0 Å². The van der Waals surface area contributed by atoms with Crippen LogP contribution in [0, 0.1) is 0 Å². The molecule has 0 radical (unpaired) electrons. The Bertz CT molecular complexity index is 1410. The van der Waals surface area contributed by atoms with Gasteiger partial charge >= 0.3 is 0 Å². The maximum atomic E-state index is 6.48. The number of nitrogens with one attached hydrogen (secondary N) is 1. The second kappa shape index (κ2) is 18.3. The van der Waals surface area contributed by atoms with Crippen LogP contribution < -0.4 is 10.1 Å². The van der Waals surface area contributed by atoms with Crippen molar-refractivity contribution in [2.45, 2.75) is 44.4 Å². The van der Waals surface area contributed by atoms with Gasteiger partial charge < -0.3 is 24.3 Å². The second-order valence-electron chi connectivity index (χ2n) is 10.7. The summed E-state index contributed by atoms with van der Waals surface area (Å²) in [5.41, 5.74) is 4.02. The summed E-state index contributed by atoms with van der Waals surface area (Å²) in [5.74, 6) is 0.760. The Morgan fingerprint density at radius 3 is 1.78 bits per heavy atom. The Kier molecular flexibility index (Phi) is 14.6. The van der Waals surface area contributed by atoms with Gasteiger partial charge in [-0.25, -0.2) is 0 Å². The van der Waals surface area contributed by atoms with Crippen LogP contribution in [0.25, 0.3) is 0 Å². The molecule has 1 unspecified atom stereocenters. The van der Waals surface area contributed by atoms with Gasteiger partial charge in [0.15, 0.2) is 0 Å². The lowest BCUT2D eigenvalue weighted by atomic mass is 9.85. The van der Waals surface area contributed by atoms with E-state index in [2.05, 4.69) is 29.6 Å². The molecule has 1 aliphatic heterocycles. The van der Waals surface area contributed by atoms with Crippen LogP contribution in [0.3, 0.4) is 0 Å². The van der Waals surface area contributed by atoms with Crippen molar-refractivity contribution in [1.29, 1.82) is 0 Å². The normalized spacial score (nSPS) is 17.9. The topological polar surface area (TPSA) is 49.0 Å². The van der Waals surface area contributed by atoms with Gasteiger partial charge in [-0.1, -0.05) is 101 Å². The van der Waals surface area contributed by atoms with Crippen LogP contribution in [0.4, 0.5) is 0 Å². The van der Waals surface area contributed by atoms with Crippen LogP contribution in [0.5, 0.6) is 5.75 Å². The Labute approximate surface area is 291 Å². The highest BCUT2D eigenvalue weighted by molar-refractivity contribution is 6.35. The zero-order chi connectivity index (χ0) is 30.7. The largest absolute Gasteiger partial charge is 0.494 e. The molecule has 0 spiro atoms. The van der Waals surface area contributed by atoms with Crippen molar-refractivity contribution < 1.29 is 18.9 Å². The predicted molar refractivity (Wildman–Crippen MR) is 186 cm³/mol. The fraction of sp³-hybridized carbons (Fsp3) is 0.314. The highest BCUT2D eigenvalue weighted by Crippen LogP contribution is 2.34. The zero-order valence-corrected chi connectivity index (χ0v) is 28.4. The number of benzene rings is 4. The van der Waals surface area contributed by atoms with Gasteiger partial charge in [0.1, 0.15) is 5.75 Å². The monoisotopic (exact) mass is 709 g/mol. The first kappa shape index (κ1) is 35.8. The molecule has 240 valence electrons. The molecule has 3 atom stereocenters. The molecule has 0 aromatic heterocycles. The minimum absolute atomic E-state index is 0. The fourth-order valence-corrected chi connectivity index (χ4v) is 6.11. The Morgan fingerprint density at radius 2 is 1.22 bits per heavy atom. The Balaban J connectivity index is 0.00000461. The van der Waals surface area contributed by atoms with Crippen LogP contribution in [0.15, 0.2) is 91.0 Å². The lowest BCUT2D eigenvalue weighted by Gasteiger charge is -2.39. The van der Waals surface area contributed by atoms with Gasteiger partial charge in [-0.3, -0.25) is 0 Å². The summed E-state index contributed by atoms with van der Waals surface area (Å²) in [6, 6.07) is 29.2. The molecule has 0 bridgehead atoms. The smallest absolute Gasteiger partial charge is 0.119 e. The van der Waals surface area contributed by atoms with Gasteiger partial charge in [-0.05, 0) is 58.7 Å². The third kappa shape index (κ3) is 10.8. The standard InChI is InChI=1S/C35H35Cl4NO4.ClH/c36-28-11-7-26(31(38)17-28)22-43-33-19-40-20-34(44-23-27-8-12-29(37)18-32(27)39)35(33)25-9-13-30(14-10-25)42-16-4-15-41-21-24-5-2-1-3-6-24;/h1-3,5-14,17-18,33-35,40H,4,15-16,19-23H2;1H/t33-,34+,35?;. The molecule has 5 rings (SSSR count). The van der Waals surface area contributed by atoms with Crippen molar-refractivity contribution in [2.75, 3.05) is 26.3 Å². The molecule has 4 aromatic rings. The quantitative estimate of drug-likeness (QED) is 0.132. The van der Waals surface area contributed by atoms with Crippen LogP contribution in [-0.2, 0) is 34.0 Å². The molecule has 0 aliphatic carbocycles. The van der Waals surface area contributed by atoms with E-state index in [1.54, 1.807) is 12.1 Å². The summed E-state index contributed by atoms with van der Waals surface area (Å²) in [4.78, 5) is 0. The molecule has 45 heavy (non-hydrogen) atoms. The van der Waals surface area contributed by atoms with E-state index in [4.69, 9.17) is 65.4 Å². The molecule has 1 N–H and O–H groups in total. The number of hydrogen-bond donors (Lipinski definition) is 1. The van der Waals surface area contributed by atoms with E-state index in [0.29, 0.717) is 66.2 Å². The molecule has 1 heterocycles. The van der Waals surface area contributed by atoms with Crippen molar-refractivity contribution in [3.63, 3.8) is 0 Å². The highest BCUT2D eigenvalue weighted by Gasteiger charge is 2.36. The molecule has 0 amide bonds. The van der Waals surface area contributed by atoms with Crippen LogP contribution in [0.2, 0.25) is 20.1 Å². The van der Waals surface area contributed by atoms with E-state index in [-0.39, 0.29) is 30.5 Å². The first-order chi connectivity index (χ1) is 21.5. The highest BCUT2D eigenvalue weighted by atomic mass is 35.5. The molecule has 0 saturated carbocycles. The zero-order valence-electron chi connectivity index (χ0n) is 24.6. The lowest BCUT2D eigenvalue weighted by Crippen LogP contribution is -2.50. The molecule has 5 nitrogen and oxygen atoms in total. The van der Waals surface area contributed by atoms with Crippen LogP contribution in [-0.4, -0.2) is 38.5 Å². The van der Waals surface area contributed by atoms with Gasteiger partial charge in [0.2, 0.25) is 0 Å². The average Bonchev–Trinajstić information content (AvgIpc) is 3.03. The third-order valence-corrected chi connectivity index (χ3v) is 8.68. The number of piperidine rings is 1. The summed E-state index contributed by atoms with van der Waals surface area (Å²) >= 11 is 25.1. The molecule has 1 aliphatic rings. The first-order valence-corrected chi connectivity index (χ1v) is 16.1. The summed E-state index contributed by atoms with van der Waals surface area (Å²) in [6.45, 7) is 3.84. The number of hydrogen-bond acceptors (Lipinski definition) is 5. The van der Waals surface area contributed by atoms with E-state index < -0.39 is 0 Å². The van der Waals surface area contributed by atoms with E-state index in [1.165, 1.54) is 5.56 Å². The van der Waals surface area contributed by atoms with Gasteiger partial charge in [-0.2, -0.15) is 0 Å². The summed E-state index contributed by atoms with van der Waals surface area (Å²) in [5, 5.41) is 5.81. The van der Waals surface area contributed by atoms with Gasteiger partial charge in [0, 0.05) is 45.5 Å². The van der Waals surface area contributed by atoms with E-state index in [1.807, 2.05) is 54.6 Å². The lowest BCUT2D eigenvalue weighted by molar-refractivity contribution is -0.0650. The van der Waals surface area contributed by atoms with Crippen molar-refractivity contribution in [3.8, 4) is 5.75 Å². The summed E-state index contributed by atoms with van der Waals surface area (Å²) < 4.78 is 24.7. The van der Waals surface area contributed by atoms with Crippen molar-refractivity contribution in [3.05, 3.63) is 133 Å². The van der Waals surface area contributed by atoms with Crippen LogP contribution in [0.1, 0.15) is 34.6 Å². The van der Waals surface area contributed by atoms with Crippen LogP contribution >= 0.6 is 58.8 Å².